The number of ether oxygens (including phenoxy) is 1. The first kappa shape index (κ1) is 25.7. The number of carbonyl (C=O) groups excluding carboxylic acids is 1. The fourth-order valence-corrected chi connectivity index (χ4v) is 4.28. The molecular weight excluding hydrogens is 481 g/mol. The van der Waals surface area contributed by atoms with Crippen LogP contribution in [0.1, 0.15) is 52.4 Å². The summed E-state index contributed by atoms with van der Waals surface area (Å²) in [6.45, 7) is 7.14. The summed E-state index contributed by atoms with van der Waals surface area (Å²) >= 11 is 0. The molecule has 4 heterocycles. The Morgan fingerprint density at radius 2 is 1.94 bits per heavy atom. The van der Waals surface area contributed by atoms with E-state index in [1.807, 2.05) is 18.7 Å². The molecule has 3 aliphatic rings. The minimum Gasteiger partial charge on any atom is -0.475 e. The normalized spacial score (nSPS) is 21.0. The number of alkyl halides is 3. The Balaban J connectivity index is 0.000000384. The predicted octanol–water partition coefficient (Wildman–Crippen LogP) is 2.65. The third-order valence-corrected chi connectivity index (χ3v) is 6.47. The number of carbonyl (C=O) groups is 2. The number of nitrogens with zero attached hydrogens (tertiary/aromatic N) is 5. The summed E-state index contributed by atoms with van der Waals surface area (Å²) in [7, 11) is 0. The molecule has 0 aromatic carbocycles. The topological polar surface area (TPSA) is 130 Å². The number of amides is 1. The highest BCUT2D eigenvalue weighted by molar-refractivity contribution is 5.92. The third kappa shape index (κ3) is 5.72. The second-order valence-electron chi connectivity index (χ2n) is 9.38. The molecule has 2 aliphatic heterocycles. The van der Waals surface area contributed by atoms with Crippen molar-refractivity contribution in [1.82, 2.24) is 24.8 Å². The van der Waals surface area contributed by atoms with Gasteiger partial charge in [-0.05, 0) is 39.0 Å². The Hall–Kier alpha value is -3.35. The number of rotatable bonds is 4. The number of likely N-dealkylation sites (tertiary alicyclic amines) is 1. The van der Waals surface area contributed by atoms with E-state index in [1.54, 1.807) is 12.4 Å². The SMILES string of the molecule is Cc1cnc(C(=O)N2CCC3(COCc4c(C)nc(NCC5CC5)nc43)C2)cn1.O=C(O)C(F)(F)F. The number of anilines is 1. The zero-order chi connectivity index (χ0) is 26.1. The van der Waals surface area contributed by atoms with E-state index in [1.165, 1.54) is 12.8 Å². The van der Waals surface area contributed by atoms with Gasteiger partial charge in [-0.2, -0.15) is 13.2 Å². The van der Waals surface area contributed by atoms with Gasteiger partial charge in [0.15, 0.2) is 0 Å². The fraction of sp³-hybridized carbons (Fsp3) is 0.565. The number of nitrogens with one attached hydrogen (secondary N) is 1. The first-order valence-corrected chi connectivity index (χ1v) is 11.6. The van der Waals surface area contributed by atoms with Crippen molar-refractivity contribution in [3.8, 4) is 0 Å². The number of hydrogen-bond donors (Lipinski definition) is 2. The van der Waals surface area contributed by atoms with Crippen molar-refractivity contribution in [3.05, 3.63) is 40.7 Å². The smallest absolute Gasteiger partial charge is 0.475 e. The molecule has 1 unspecified atom stereocenters. The van der Waals surface area contributed by atoms with Gasteiger partial charge in [-0.25, -0.2) is 19.7 Å². The number of hydrogen-bond acceptors (Lipinski definition) is 8. The van der Waals surface area contributed by atoms with Crippen molar-refractivity contribution in [1.29, 1.82) is 0 Å². The average Bonchev–Trinajstić information content (AvgIpc) is 3.57. The van der Waals surface area contributed by atoms with E-state index in [-0.39, 0.29) is 11.3 Å². The van der Waals surface area contributed by atoms with Crippen molar-refractivity contribution in [2.75, 3.05) is 31.6 Å². The Kier molecular flexibility index (Phi) is 7.12. The van der Waals surface area contributed by atoms with Gasteiger partial charge in [-0.1, -0.05) is 0 Å². The molecule has 1 aliphatic carbocycles. The van der Waals surface area contributed by atoms with E-state index in [4.69, 9.17) is 19.6 Å². The highest BCUT2D eigenvalue weighted by Gasteiger charge is 2.47. The molecule has 0 radical (unpaired) electrons. The molecule has 1 atom stereocenters. The molecule has 5 rings (SSSR count). The molecule has 10 nitrogen and oxygen atoms in total. The molecule has 1 saturated heterocycles. The summed E-state index contributed by atoms with van der Waals surface area (Å²) in [5.74, 6) is -1.39. The van der Waals surface area contributed by atoms with Gasteiger partial charge in [0.05, 0.1) is 36.2 Å². The zero-order valence-corrected chi connectivity index (χ0v) is 19.9. The summed E-state index contributed by atoms with van der Waals surface area (Å²) in [6, 6.07) is 0. The average molecular weight is 509 g/mol. The summed E-state index contributed by atoms with van der Waals surface area (Å²) in [6.07, 6.45) is 1.50. The van der Waals surface area contributed by atoms with Crippen molar-refractivity contribution < 1.29 is 32.6 Å². The summed E-state index contributed by atoms with van der Waals surface area (Å²) in [4.78, 5) is 41.7. The molecule has 2 N–H and O–H groups in total. The Labute approximate surface area is 205 Å². The summed E-state index contributed by atoms with van der Waals surface area (Å²) in [5, 5.41) is 10.5. The van der Waals surface area contributed by atoms with E-state index >= 15 is 0 Å². The van der Waals surface area contributed by atoms with Crippen molar-refractivity contribution in [3.63, 3.8) is 0 Å². The van der Waals surface area contributed by atoms with Crippen LogP contribution in [0.2, 0.25) is 0 Å². The lowest BCUT2D eigenvalue weighted by atomic mass is 9.80. The summed E-state index contributed by atoms with van der Waals surface area (Å²) in [5.41, 5.74) is 3.96. The molecule has 1 amide bonds. The highest BCUT2D eigenvalue weighted by atomic mass is 19.4. The van der Waals surface area contributed by atoms with Gasteiger partial charge >= 0.3 is 12.1 Å². The number of halogens is 3. The Morgan fingerprint density at radius 3 is 2.56 bits per heavy atom. The number of carboxylic acid groups (broad SMARTS) is 1. The molecule has 2 fully saturated rings. The molecule has 194 valence electrons. The highest BCUT2D eigenvalue weighted by Crippen LogP contribution is 2.40. The van der Waals surface area contributed by atoms with Crippen LogP contribution < -0.4 is 5.32 Å². The minimum atomic E-state index is -5.08. The van der Waals surface area contributed by atoms with E-state index in [9.17, 15) is 18.0 Å². The number of fused-ring (bicyclic) bond motifs is 2. The molecule has 13 heteroatoms. The standard InChI is InChI=1S/C21H26N6O2.C2HF3O2/c1-13-7-23-17(9-22-13)19(28)27-6-5-21(11-27)12-29-10-16-14(2)25-20(26-18(16)21)24-8-15-3-4-15;3-2(4,5)1(6)7/h7,9,15H,3-6,8,10-12H2,1-2H3,(H,24,25,26);(H,6,7). The molecule has 0 bridgehead atoms. The molecule has 1 saturated carbocycles. The van der Waals surface area contributed by atoms with Crippen LogP contribution in [-0.2, 0) is 21.6 Å². The number of carboxylic acids is 1. The largest absolute Gasteiger partial charge is 0.490 e. The van der Waals surface area contributed by atoms with Crippen LogP contribution in [0.4, 0.5) is 19.1 Å². The van der Waals surface area contributed by atoms with Crippen LogP contribution >= 0.6 is 0 Å². The fourth-order valence-electron chi connectivity index (χ4n) is 4.28. The van der Waals surface area contributed by atoms with Crippen LogP contribution in [-0.4, -0.2) is 74.2 Å². The van der Waals surface area contributed by atoms with Gasteiger partial charge in [0.25, 0.3) is 5.91 Å². The monoisotopic (exact) mass is 508 g/mol. The van der Waals surface area contributed by atoms with Gasteiger partial charge in [0.2, 0.25) is 5.95 Å². The van der Waals surface area contributed by atoms with Crippen LogP contribution in [0.5, 0.6) is 0 Å². The van der Waals surface area contributed by atoms with Crippen LogP contribution in [0, 0.1) is 19.8 Å². The molecule has 2 aromatic rings. The van der Waals surface area contributed by atoms with Crippen LogP contribution in [0.25, 0.3) is 0 Å². The van der Waals surface area contributed by atoms with Gasteiger partial charge < -0.3 is 20.1 Å². The van der Waals surface area contributed by atoms with Crippen molar-refractivity contribution in [2.24, 2.45) is 5.92 Å². The number of aryl methyl sites for hydroxylation is 2. The van der Waals surface area contributed by atoms with Gasteiger partial charge in [-0.15, -0.1) is 0 Å². The maximum absolute atomic E-state index is 13.0. The second kappa shape index (κ2) is 9.96. The molecule has 36 heavy (non-hydrogen) atoms. The minimum absolute atomic E-state index is 0.0839. The quantitative estimate of drug-likeness (QED) is 0.640. The Morgan fingerprint density at radius 1 is 1.22 bits per heavy atom. The second-order valence-corrected chi connectivity index (χ2v) is 9.38. The van der Waals surface area contributed by atoms with E-state index in [0.29, 0.717) is 37.9 Å². The third-order valence-electron chi connectivity index (χ3n) is 6.47. The van der Waals surface area contributed by atoms with Gasteiger partial charge in [-0.3, -0.25) is 9.78 Å². The lowest BCUT2D eigenvalue weighted by Crippen LogP contribution is -2.42. The molecular formula is C23H27F3N6O4. The lowest BCUT2D eigenvalue weighted by molar-refractivity contribution is -0.192. The first-order valence-electron chi connectivity index (χ1n) is 11.6. The van der Waals surface area contributed by atoms with Crippen LogP contribution in [0.15, 0.2) is 12.4 Å². The van der Waals surface area contributed by atoms with E-state index < -0.39 is 12.1 Å². The Bertz CT molecular complexity index is 1140. The number of aromatic nitrogens is 4. The van der Waals surface area contributed by atoms with Crippen molar-refractivity contribution >= 4 is 17.8 Å². The zero-order valence-electron chi connectivity index (χ0n) is 19.9. The lowest BCUT2D eigenvalue weighted by Gasteiger charge is -2.35. The maximum Gasteiger partial charge on any atom is 0.490 e. The van der Waals surface area contributed by atoms with Crippen molar-refractivity contribution in [2.45, 2.75) is 51.3 Å². The van der Waals surface area contributed by atoms with E-state index in [0.717, 1.165) is 41.5 Å². The number of aliphatic carboxylic acids is 1. The first-order chi connectivity index (χ1) is 17.0. The molecule has 2 aromatic heterocycles. The maximum atomic E-state index is 13.0. The van der Waals surface area contributed by atoms with Crippen LogP contribution in [0.3, 0.4) is 0 Å². The summed E-state index contributed by atoms with van der Waals surface area (Å²) < 4.78 is 37.7. The predicted molar refractivity (Wildman–Crippen MR) is 120 cm³/mol. The van der Waals surface area contributed by atoms with Gasteiger partial charge in [0, 0.05) is 37.1 Å². The van der Waals surface area contributed by atoms with Gasteiger partial charge in [0.1, 0.15) is 5.69 Å². The van der Waals surface area contributed by atoms with E-state index in [2.05, 4.69) is 20.3 Å². The molecule has 1 spiro atoms.